The predicted octanol–water partition coefficient (Wildman–Crippen LogP) is 3.50. The number of benzene rings is 2. The molecule has 0 aromatic heterocycles. The van der Waals surface area contributed by atoms with Crippen LogP contribution in [0.25, 0.3) is 0 Å². The van der Waals surface area contributed by atoms with Crippen molar-refractivity contribution in [2.45, 2.75) is 63.4 Å². The van der Waals surface area contributed by atoms with Crippen LogP contribution in [0.1, 0.15) is 50.7 Å². The lowest BCUT2D eigenvalue weighted by Gasteiger charge is -2.29. The number of nitrogens with one attached hydrogen (secondary N) is 1. The first-order valence-electron chi connectivity index (χ1n) is 13.2. The number of carbonyl (C=O) groups is 2. The van der Waals surface area contributed by atoms with Gasteiger partial charge in [0, 0.05) is 45.8 Å². The van der Waals surface area contributed by atoms with E-state index in [1.807, 2.05) is 6.92 Å². The molecule has 1 saturated heterocycles. The van der Waals surface area contributed by atoms with Gasteiger partial charge in [-0.2, -0.15) is 4.31 Å². The maximum atomic E-state index is 13.4. The Morgan fingerprint density at radius 2 is 1.68 bits per heavy atom. The quantitative estimate of drug-likeness (QED) is 0.365. The molecule has 1 N–H and O–H groups in total. The molecule has 2 amide bonds. The Kier molecular flexibility index (Phi) is 11.2. The van der Waals surface area contributed by atoms with Crippen LogP contribution in [0.2, 0.25) is 0 Å². The highest BCUT2D eigenvalue weighted by Crippen LogP contribution is 2.22. The molecular weight excluding hydrogens is 509 g/mol. The van der Waals surface area contributed by atoms with Crippen molar-refractivity contribution in [1.82, 2.24) is 14.5 Å². The van der Waals surface area contributed by atoms with Gasteiger partial charge in [-0.15, -0.1) is 0 Å². The van der Waals surface area contributed by atoms with Gasteiger partial charge in [0.2, 0.25) is 21.8 Å². The summed E-state index contributed by atoms with van der Waals surface area (Å²) in [6.45, 7) is 6.43. The first kappa shape index (κ1) is 29.7. The molecular formula is C28H38FN3O5S. The van der Waals surface area contributed by atoms with Crippen LogP contribution >= 0.6 is 0 Å². The van der Waals surface area contributed by atoms with Crippen LogP contribution in [0.3, 0.4) is 0 Å². The van der Waals surface area contributed by atoms with Crippen LogP contribution in [-0.4, -0.2) is 68.3 Å². The summed E-state index contributed by atoms with van der Waals surface area (Å²) in [6.07, 6.45) is 2.95. The molecule has 1 aliphatic heterocycles. The van der Waals surface area contributed by atoms with E-state index >= 15 is 0 Å². The van der Waals surface area contributed by atoms with E-state index in [0.29, 0.717) is 51.3 Å². The Morgan fingerprint density at radius 1 is 1.05 bits per heavy atom. The molecule has 0 bridgehead atoms. The van der Waals surface area contributed by atoms with E-state index < -0.39 is 16.1 Å². The molecule has 0 spiro atoms. The van der Waals surface area contributed by atoms with E-state index in [4.69, 9.17) is 4.74 Å². The third-order valence-corrected chi connectivity index (χ3v) is 8.57. The van der Waals surface area contributed by atoms with E-state index in [2.05, 4.69) is 5.32 Å². The summed E-state index contributed by atoms with van der Waals surface area (Å²) in [6, 6.07) is 11.8. The molecule has 3 rings (SSSR count). The summed E-state index contributed by atoms with van der Waals surface area (Å²) in [7, 11) is -3.49. The molecule has 10 heteroatoms. The van der Waals surface area contributed by atoms with E-state index in [1.165, 1.54) is 21.3 Å². The average Bonchev–Trinajstić information content (AvgIpc) is 3.47. The van der Waals surface area contributed by atoms with Gasteiger partial charge >= 0.3 is 0 Å². The maximum Gasteiger partial charge on any atom is 0.243 e. The van der Waals surface area contributed by atoms with Crippen LogP contribution < -0.4 is 5.32 Å². The summed E-state index contributed by atoms with van der Waals surface area (Å²) in [5, 5.41) is 2.86. The normalized spacial score (nSPS) is 14.8. The highest BCUT2D eigenvalue weighted by Gasteiger charge is 2.28. The van der Waals surface area contributed by atoms with Crippen molar-refractivity contribution < 1.29 is 27.1 Å². The van der Waals surface area contributed by atoms with Crippen molar-refractivity contribution in [2.75, 3.05) is 32.8 Å². The Balaban J connectivity index is 1.64. The summed E-state index contributed by atoms with van der Waals surface area (Å²) in [4.78, 5) is 27.9. The van der Waals surface area contributed by atoms with Gasteiger partial charge in [-0.05, 0) is 74.9 Å². The third-order valence-electron chi connectivity index (χ3n) is 6.66. The number of halogens is 1. The minimum Gasteiger partial charge on any atom is -0.382 e. The van der Waals surface area contributed by atoms with Crippen molar-refractivity contribution in [1.29, 1.82) is 0 Å². The first-order chi connectivity index (χ1) is 18.2. The molecule has 0 unspecified atom stereocenters. The van der Waals surface area contributed by atoms with E-state index in [-0.39, 0.29) is 35.5 Å². The van der Waals surface area contributed by atoms with Crippen LogP contribution in [0.5, 0.6) is 0 Å². The number of hydrogen-bond donors (Lipinski definition) is 1. The number of rotatable bonds is 14. The second-order valence-electron chi connectivity index (χ2n) is 9.42. The minimum atomic E-state index is -3.49. The summed E-state index contributed by atoms with van der Waals surface area (Å²) in [5.74, 6) is -0.865. The van der Waals surface area contributed by atoms with Crippen LogP contribution in [0.15, 0.2) is 53.4 Å². The number of ether oxygens (including phenoxy) is 1. The van der Waals surface area contributed by atoms with Crippen LogP contribution in [0.4, 0.5) is 4.39 Å². The molecule has 0 saturated carbocycles. The van der Waals surface area contributed by atoms with Crippen LogP contribution in [0, 0.1) is 5.82 Å². The largest absolute Gasteiger partial charge is 0.382 e. The monoisotopic (exact) mass is 547 g/mol. The summed E-state index contributed by atoms with van der Waals surface area (Å²) >= 11 is 0. The fourth-order valence-corrected chi connectivity index (χ4v) is 5.86. The highest BCUT2D eigenvalue weighted by atomic mass is 32.2. The lowest BCUT2D eigenvalue weighted by molar-refractivity contribution is -0.140. The second-order valence-corrected chi connectivity index (χ2v) is 11.4. The molecule has 2 aromatic carbocycles. The van der Waals surface area contributed by atoms with Crippen molar-refractivity contribution in [3.05, 3.63) is 65.5 Å². The smallest absolute Gasteiger partial charge is 0.243 e. The molecule has 1 aliphatic rings. The Labute approximate surface area is 225 Å². The maximum absolute atomic E-state index is 13.4. The fourth-order valence-electron chi connectivity index (χ4n) is 4.35. The number of amides is 2. The van der Waals surface area contributed by atoms with Gasteiger partial charge in [0.15, 0.2) is 0 Å². The molecule has 1 fully saturated rings. The van der Waals surface area contributed by atoms with Gasteiger partial charge in [0.1, 0.15) is 11.9 Å². The number of aryl methyl sites for hydroxylation is 1. The predicted molar refractivity (Wildman–Crippen MR) is 143 cm³/mol. The minimum absolute atomic E-state index is 0.140. The van der Waals surface area contributed by atoms with Gasteiger partial charge in [-0.3, -0.25) is 9.59 Å². The lowest BCUT2D eigenvalue weighted by atomic mass is 10.1. The summed E-state index contributed by atoms with van der Waals surface area (Å²) < 4.78 is 45.7. The molecule has 0 radical (unpaired) electrons. The molecule has 0 aliphatic carbocycles. The zero-order valence-electron chi connectivity index (χ0n) is 22.2. The lowest BCUT2D eigenvalue weighted by Crippen LogP contribution is -2.48. The van der Waals surface area contributed by atoms with E-state index in [9.17, 15) is 22.4 Å². The third kappa shape index (κ3) is 8.34. The molecule has 1 atom stereocenters. The number of hydrogen-bond acceptors (Lipinski definition) is 5. The second kappa shape index (κ2) is 14.4. The van der Waals surface area contributed by atoms with Crippen molar-refractivity contribution in [2.24, 2.45) is 0 Å². The molecule has 38 heavy (non-hydrogen) atoms. The van der Waals surface area contributed by atoms with Crippen LogP contribution in [-0.2, 0) is 37.3 Å². The summed E-state index contributed by atoms with van der Waals surface area (Å²) in [5.41, 5.74) is 1.54. The molecule has 208 valence electrons. The Morgan fingerprint density at radius 3 is 2.32 bits per heavy atom. The topological polar surface area (TPSA) is 96.0 Å². The van der Waals surface area contributed by atoms with Gasteiger partial charge in [0.05, 0.1) is 4.90 Å². The SMILES string of the molecule is CCOCCCNC(=O)[C@@H](C)N(Cc1ccc(F)cc1)C(=O)CCc1ccc(S(=O)(=O)N2CCCC2)cc1. The van der Waals surface area contributed by atoms with Crippen molar-refractivity contribution in [3.63, 3.8) is 0 Å². The molecule has 2 aromatic rings. The van der Waals surface area contributed by atoms with E-state index in [0.717, 1.165) is 18.4 Å². The zero-order valence-corrected chi connectivity index (χ0v) is 23.0. The number of sulfonamides is 1. The zero-order chi connectivity index (χ0) is 27.5. The van der Waals surface area contributed by atoms with Gasteiger partial charge in [0.25, 0.3) is 0 Å². The number of nitrogens with zero attached hydrogens (tertiary/aromatic N) is 2. The van der Waals surface area contributed by atoms with Gasteiger partial charge < -0.3 is 15.0 Å². The standard InChI is InChI=1S/C28H38FN3O5S/c1-3-37-20-6-17-30-28(34)22(2)32(21-24-7-12-25(29)13-8-24)27(33)16-11-23-9-14-26(15-10-23)38(35,36)31-18-4-5-19-31/h7-10,12-15,22H,3-6,11,16-21H2,1-2H3,(H,30,34)/t22-/m1/s1. The first-order valence-corrected chi connectivity index (χ1v) is 14.6. The number of carbonyl (C=O) groups excluding carboxylic acids is 2. The fraction of sp³-hybridized carbons (Fsp3) is 0.500. The van der Waals surface area contributed by atoms with E-state index in [1.54, 1.807) is 43.3 Å². The Hall–Kier alpha value is -2.82. The van der Waals surface area contributed by atoms with Crippen molar-refractivity contribution in [3.8, 4) is 0 Å². The molecule has 1 heterocycles. The highest BCUT2D eigenvalue weighted by molar-refractivity contribution is 7.89. The van der Waals surface area contributed by atoms with Gasteiger partial charge in [-0.25, -0.2) is 12.8 Å². The van der Waals surface area contributed by atoms with Crippen molar-refractivity contribution >= 4 is 21.8 Å². The Bertz CT molecular complexity index is 1150. The average molecular weight is 548 g/mol. The van der Waals surface area contributed by atoms with Gasteiger partial charge in [-0.1, -0.05) is 24.3 Å². The molecule has 8 nitrogen and oxygen atoms in total.